The number of nitrogens with one attached hydrogen (secondary N) is 1. The van der Waals surface area contributed by atoms with Crippen LogP contribution in [-0.4, -0.2) is 25.1 Å². The molecule has 134 valence electrons. The number of rotatable bonds is 7. The molecule has 0 aliphatic carbocycles. The van der Waals surface area contributed by atoms with E-state index in [9.17, 15) is 4.79 Å². The number of methoxy groups -OCH3 is 2. The van der Waals surface area contributed by atoms with Crippen LogP contribution in [0.5, 0.6) is 11.5 Å². The largest absolute Gasteiger partial charge is 0.493 e. The van der Waals surface area contributed by atoms with Crippen molar-refractivity contribution in [3.05, 3.63) is 60.6 Å². The van der Waals surface area contributed by atoms with Gasteiger partial charge in [0.1, 0.15) is 0 Å². The molecular formula is C20H20N2O4. The number of aryl methyl sites for hydroxylation is 1. The summed E-state index contributed by atoms with van der Waals surface area (Å²) in [5, 5.41) is 2.83. The number of hydrogen-bond donors (Lipinski definition) is 1. The molecule has 0 spiro atoms. The Morgan fingerprint density at radius 1 is 1.08 bits per heavy atom. The van der Waals surface area contributed by atoms with E-state index < -0.39 is 0 Å². The minimum atomic E-state index is -0.128. The third-order valence-corrected chi connectivity index (χ3v) is 3.85. The number of aromatic nitrogens is 1. The minimum Gasteiger partial charge on any atom is -0.493 e. The van der Waals surface area contributed by atoms with Gasteiger partial charge in [0.2, 0.25) is 5.91 Å². The molecule has 1 amide bonds. The van der Waals surface area contributed by atoms with Crippen molar-refractivity contribution >= 4 is 11.6 Å². The second-order valence-electron chi connectivity index (χ2n) is 5.60. The fourth-order valence-corrected chi connectivity index (χ4v) is 2.52. The molecule has 0 bridgehead atoms. The van der Waals surface area contributed by atoms with E-state index in [1.165, 1.54) is 0 Å². The van der Waals surface area contributed by atoms with Crippen LogP contribution in [0.1, 0.15) is 12.3 Å². The van der Waals surface area contributed by atoms with Gasteiger partial charge in [0.05, 0.1) is 20.4 Å². The molecule has 0 radical (unpaired) electrons. The zero-order valence-electron chi connectivity index (χ0n) is 14.7. The van der Waals surface area contributed by atoms with Crippen LogP contribution in [-0.2, 0) is 11.2 Å². The van der Waals surface area contributed by atoms with Gasteiger partial charge in [-0.2, -0.15) is 0 Å². The molecule has 1 aromatic heterocycles. The smallest absolute Gasteiger partial charge is 0.224 e. The average molecular weight is 352 g/mol. The monoisotopic (exact) mass is 352 g/mol. The molecule has 6 nitrogen and oxygen atoms in total. The Morgan fingerprint density at radius 2 is 1.85 bits per heavy atom. The van der Waals surface area contributed by atoms with Gasteiger partial charge >= 0.3 is 0 Å². The van der Waals surface area contributed by atoms with Crippen molar-refractivity contribution in [1.29, 1.82) is 0 Å². The van der Waals surface area contributed by atoms with E-state index in [1.807, 2.05) is 30.3 Å². The predicted octanol–water partition coefficient (Wildman–Crippen LogP) is 3.93. The molecule has 6 heteroatoms. The Labute approximate surface area is 151 Å². The number of nitrogens with zero attached hydrogens (tertiary/aromatic N) is 1. The summed E-state index contributed by atoms with van der Waals surface area (Å²) in [6, 6.07) is 14.9. The van der Waals surface area contributed by atoms with E-state index in [0.717, 1.165) is 5.56 Å². The Morgan fingerprint density at radius 3 is 2.58 bits per heavy atom. The number of carbonyl (C=O) groups excluding carboxylic acids is 1. The van der Waals surface area contributed by atoms with E-state index >= 15 is 0 Å². The number of hydrogen-bond acceptors (Lipinski definition) is 5. The molecule has 0 atom stereocenters. The van der Waals surface area contributed by atoms with Gasteiger partial charge in [0, 0.05) is 30.2 Å². The first-order valence-corrected chi connectivity index (χ1v) is 8.21. The molecular weight excluding hydrogens is 332 g/mol. The maximum Gasteiger partial charge on any atom is 0.224 e. The van der Waals surface area contributed by atoms with Gasteiger partial charge in [-0.25, -0.2) is 4.98 Å². The molecule has 0 unspecified atom stereocenters. The molecule has 3 aromatic rings. The quantitative estimate of drug-likeness (QED) is 0.697. The Kier molecular flexibility index (Phi) is 5.53. The van der Waals surface area contributed by atoms with Crippen molar-refractivity contribution < 1.29 is 18.7 Å². The topological polar surface area (TPSA) is 73.6 Å². The summed E-state index contributed by atoms with van der Waals surface area (Å²) in [6.45, 7) is 0. The van der Waals surface area contributed by atoms with Crippen molar-refractivity contribution in [3.63, 3.8) is 0 Å². The van der Waals surface area contributed by atoms with Crippen LogP contribution < -0.4 is 14.8 Å². The van der Waals surface area contributed by atoms with Gasteiger partial charge in [-0.3, -0.25) is 4.79 Å². The molecule has 0 fully saturated rings. The van der Waals surface area contributed by atoms with E-state index in [4.69, 9.17) is 13.9 Å². The van der Waals surface area contributed by atoms with Crippen molar-refractivity contribution in [2.45, 2.75) is 12.8 Å². The highest BCUT2D eigenvalue weighted by Crippen LogP contribution is 2.29. The maximum absolute atomic E-state index is 12.2. The fraction of sp³-hybridized carbons (Fsp3) is 0.200. The number of benzene rings is 2. The predicted molar refractivity (Wildman–Crippen MR) is 98.4 cm³/mol. The summed E-state index contributed by atoms with van der Waals surface area (Å²) in [7, 11) is 3.12. The van der Waals surface area contributed by atoms with Crippen molar-refractivity contribution in [1.82, 2.24) is 4.98 Å². The zero-order valence-corrected chi connectivity index (χ0v) is 14.7. The first kappa shape index (κ1) is 17.5. The molecule has 1 heterocycles. The maximum atomic E-state index is 12.2. The summed E-state index contributed by atoms with van der Waals surface area (Å²) >= 11 is 0. The van der Waals surface area contributed by atoms with E-state index in [2.05, 4.69) is 10.3 Å². The molecule has 26 heavy (non-hydrogen) atoms. The molecule has 0 aliphatic rings. The van der Waals surface area contributed by atoms with Gasteiger partial charge in [0.25, 0.3) is 0 Å². The third-order valence-electron chi connectivity index (χ3n) is 3.85. The van der Waals surface area contributed by atoms with Gasteiger partial charge in [-0.1, -0.05) is 30.3 Å². The Hall–Kier alpha value is -3.28. The zero-order chi connectivity index (χ0) is 18.4. The SMILES string of the molecule is COc1ccc(NC(=O)CCc2ncc(-c3ccccc3)o2)cc1OC. The second kappa shape index (κ2) is 8.20. The molecule has 0 aliphatic heterocycles. The van der Waals surface area contributed by atoms with Crippen LogP contribution >= 0.6 is 0 Å². The van der Waals surface area contributed by atoms with Crippen LogP contribution in [0.2, 0.25) is 0 Å². The lowest BCUT2D eigenvalue weighted by atomic mass is 10.2. The minimum absolute atomic E-state index is 0.128. The third kappa shape index (κ3) is 4.22. The van der Waals surface area contributed by atoms with Gasteiger partial charge in [-0.15, -0.1) is 0 Å². The number of anilines is 1. The van der Waals surface area contributed by atoms with Crippen molar-refractivity contribution in [3.8, 4) is 22.8 Å². The normalized spacial score (nSPS) is 10.4. The van der Waals surface area contributed by atoms with Gasteiger partial charge < -0.3 is 19.2 Å². The number of ether oxygens (including phenoxy) is 2. The van der Waals surface area contributed by atoms with Crippen molar-refractivity contribution in [2.24, 2.45) is 0 Å². The van der Waals surface area contributed by atoms with Crippen LogP contribution in [0.4, 0.5) is 5.69 Å². The molecule has 0 saturated heterocycles. The molecule has 1 N–H and O–H groups in total. The summed E-state index contributed by atoms with van der Waals surface area (Å²) in [5.41, 5.74) is 1.60. The highest BCUT2D eigenvalue weighted by atomic mass is 16.5. The van der Waals surface area contributed by atoms with Crippen LogP contribution in [0.15, 0.2) is 59.1 Å². The average Bonchev–Trinajstić information content (AvgIpc) is 3.16. The highest BCUT2D eigenvalue weighted by Gasteiger charge is 2.10. The van der Waals surface area contributed by atoms with Crippen LogP contribution in [0.25, 0.3) is 11.3 Å². The first-order valence-electron chi connectivity index (χ1n) is 8.21. The van der Waals surface area contributed by atoms with E-state index in [1.54, 1.807) is 38.6 Å². The second-order valence-corrected chi connectivity index (χ2v) is 5.60. The summed E-state index contributed by atoms with van der Waals surface area (Å²) in [5.74, 6) is 2.27. The van der Waals surface area contributed by atoms with E-state index in [-0.39, 0.29) is 12.3 Å². The first-order chi connectivity index (χ1) is 12.7. The standard InChI is InChI=1S/C20H20N2O4/c1-24-16-9-8-15(12-17(16)25-2)22-19(23)10-11-20-21-13-18(26-20)14-6-4-3-5-7-14/h3-9,12-13H,10-11H2,1-2H3,(H,22,23). The van der Waals surface area contributed by atoms with Crippen LogP contribution in [0, 0.1) is 0 Å². The molecule has 3 rings (SSSR count). The summed E-state index contributed by atoms with van der Waals surface area (Å²) in [6.07, 6.45) is 2.37. The van der Waals surface area contributed by atoms with E-state index in [0.29, 0.717) is 35.3 Å². The molecule has 2 aromatic carbocycles. The summed E-state index contributed by atoms with van der Waals surface area (Å²) < 4.78 is 16.1. The van der Waals surface area contributed by atoms with Crippen LogP contribution in [0.3, 0.4) is 0 Å². The lowest BCUT2D eigenvalue weighted by molar-refractivity contribution is -0.116. The summed E-state index contributed by atoms with van der Waals surface area (Å²) in [4.78, 5) is 16.4. The molecule has 0 saturated carbocycles. The Bertz CT molecular complexity index is 875. The lowest BCUT2D eigenvalue weighted by Gasteiger charge is -2.10. The number of carbonyl (C=O) groups is 1. The van der Waals surface area contributed by atoms with Gasteiger partial charge in [0.15, 0.2) is 23.1 Å². The lowest BCUT2D eigenvalue weighted by Crippen LogP contribution is -2.12. The fourth-order valence-electron chi connectivity index (χ4n) is 2.52. The number of amides is 1. The highest BCUT2D eigenvalue weighted by molar-refractivity contribution is 5.91. The van der Waals surface area contributed by atoms with Gasteiger partial charge in [-0.05, 0) is 12.1 Å². The Balaban J connectivity index is 1.57. The number of oxazole rings is 1. The van der Waals surface area contributed by atoms with Crippen molar-refractivity contribution in [2.75, 3.05) is 19.5 Å².